The van der Waals surface area contributed by atoms with Crippen molar-refractivity contribution < 1.29 is 4.74 Å². The van der Waals surface area contributed by atoms with Crippen molar-refractivity contribution in [3.63, 3.8) is 0 Å². The van der Waals surface area contributed by atoms with Gasteiger partial charge in [0.05, 0.1) is 18.0 Å². The summed E-state index contributed by atoms with van der Waals surface area (Å²) in [5, 5.41) is 0.228. The molecular formula is C13H14ClN3O. The molecular weight excluding hydrogens is 250 g/mol. The smallest absolute Gasteiger partial charge is 0.222 e. The van der Waals surface area contributed by atoms with Gasteiger partial charge in [-0.1, -0.05) is 0 Å². The standard InChI is InChI=1S/C13H14ClN3O/c1-8(2)18-11-4-10(6-15-7-11)12-9(3)5-16-13(14)17-12/h4-8H,1-3H3. The Hall–Kier alpha value is -1.68. The number of hydrogen-bond donors (Lipinski definition) is 0. The SMILES string of the molecule is Cc1cnc(Cl)nc1-c1cncc(OC(C)C)c1. The van der Waals surface area contributed by atoms with Gasteiger partial charge in [-0.05, 0) is 44.0 Å². The Kier molecular flexibility index (Phi) is 3.77. The summed E-state index contributed by atoms with van der Waals surface area (Å²) in [6.07, 6.45) is 5.22. The summed E-state index contributed by atoms with van der Waals surface area (Å²) in [6.45, 7) is 5.88. The van der Waals surface area contributed by atoms with Crippen molar-refractivity contribution in [2.45, 2.75) is 26.9 Å². The Morgan fingerprint density at radius 2 is 2.00 bits per heavy atom. The van der Waals surface area contributed by atoms with Gasteiger partial charge in [0.25, 0.3) is 0 Å². The third-order valence-electron chi connectivity index (χ3n) is 2.30. The number of ether oxygens (including phenoxy) is 1. The van der Waals surface area contributed by atoms with Gasteiger partial charge in [0.1, 0.15) is 5.75 Å². The normalized spacial score (nSPS) is 10.7. The van der Waals surface area contributed by atoms with Crippen LogP contribution in [0.5, 0.6) is 5.75 Å². The van der Waals surface area contributed by atoms with Crippen LogP contribution in [0.25, 0.3) is 11.3 Å². The van der Waals surface area contributed by atoms with E-state index in [2.05, 4.69) is 15.0 Å². The van der Waals surface area contributed by atoms with Gasteiger partial charge in [-0.25, -0.2) is 9.97 Å². The van der Waals surface area contributed by atoms with Crippen LogP contribution < -0.4 is 4.74 Å². The van der Waals surface area contributed by atoms with Gasteiger partial charge in [0.2, 0.25) is 5.28 Å². The van der Waals surface area contributed by atoms with Crippen molar-refractivity contribution >= 4 is 11.6 Å². The van der Waals surface area contributed by atoms with E-state index >= 15 is 0 Å². The largest absolute Gasteiger partial charge is 0.489 e. The first kappa shape index (κ1) is 12.8. The first-order valence-corrected chi connectivity index (χ1v) is 6.05. The van der Waals surface area contributed by atoms with Crippen molar-refractivity contribution in [1.82, 2.24) is 15.0 Å². The first-order chi connectivity index (χ1) is 8.56. The number of pyridine rings is 1. The molecule has 2 aromatic rings. The molecule has 4 nitrogen and oxygen atoms in total. The van der Waals surface area contributed by atoms with E-state index in [1.54, 1.807) is 18.6 Å². The minimum atomic E-state index is 0.108. The van der Waals surface area contributed by atoms with Crippen LogP contribution in [0.15, 0.2) is 24.7 Å². The van der Waals surface area contributed by atoms with E-state index < -0.39 is 0 Å². The average molecular weight is 264 g/mol. The lowest BCUT2D eigenvalue weighted by atomic mass is 10.1. The van der Waals surface area contributed by atoms with Crippen molar-refractivity contribution in [1.29, 1.82) is 0 Å². The Labute approximate surface area is 111 Å². The van der Waals surface area contributed by atoms with Crippen molar-refractivity contribution in [2.24, 2.45) is 0 Å². The van der Waals surface area contributed by atoms with Crippen LogP contribution in [0.2, 0.25) is 5.28 Å². The van der Waals surface area contributed by atoms with Gasteiger partial charge in [-0.2, -0.15) is 0 Å². The third-order valence-corrected chi connectivity index (χ3v) is 2.48. The van der Waals surface area contributed by atoms with Crippen LogP contribution in [0.1, 0.15) is 19.4 Å². The van der Waals surface area contributed by atoms with Crippen molar-refractivity contribution in [2.75, 3.05) is 0 Å². The molecule has 0 bridgehead atoms. The fourth-order valence-corrected chi connectivity index (χ4v) is 1.73. The molecule has 94 valence electrons. The fourth-order valence-electron chi connectivity index (χ4n) is 1.60. The molecule has 0 unspecified atom stereocenters. The van der Waals surface area contributed by atoms with Gasteiger partial charge in [0, 0.05) is 18.0 Å². The van der Waals surface area contributed by atoms with Crippen LogP contribution in [-0.2, 0) is 0 Å². The molecule has 0 aliphatic carbocycles. The van der Waals surface area contributed by atoms with Crippen LogP contribution in [0.3, 0.4) is 0 Å². The number of rotatable bonds is 3. The number of halogens is 1. The maximum atomic E-state index is 5.82. The topological polar surface area (TPSA) is 47.9 Å². The summed E-state index contributed by atoms with van der Waals surface area (Å²) in [6, 6.07) is 1.90. The molecule has 2 heterocycles. The molecule has 0 atom stereocenters. The molecule has 0 N–H and O–H groups in total. The Morgan fingerprint density at radius 1 is 1.22 bits per heavy atom. The van der Waals surface area contributed by atoms with Crippen LogP contribution in [0.4, 0.5) is 0 Å². The highest BCUT2D eigenvalue weighted by Gasteiger charge is 2.08. The van der Waals surface area contributed by atoms with Gasteiger partial charge in [0.15, 0.2) is 0 Å². The summed E-state index contributed by atoms with van der Waals surface area (Å²) < 4.78 is 5.61. The Balaban J connectivity index is 2.41. The molecule has 0 amide bonds. The maximum absolute atomic E-state index is 5.82. The maximum Gasteiger partial charge on any atom is 0.222 e. The predicted octanol–water partition coefficient (Wildman–Crippen LogP) is 3.29. The molecule has 5 heteroatoms. The molecule has 0 spiro atoms. The van der Waals surface area contributed by atoms with E-state index in [-0.39, 0.29) is 11.4 Å². The van der Waals surface area contributed by atoms with E-state index in [1.165, 1.54) is 0 Å². The highest BCUT2D eigenvalue weighted by Crippen LogP contribution is 2.24. The van der Waals surface area contributed by atoms with E-state index in [0.29, 0.717) is 0 Å². The number of aryl methyl sites for hydroxylation is 1. The second kappa shape index (κ2) is 5.31. The zero-order valence-electron chi connectivity index (χ0n) is 10.5. The van der Waals surface area contributed by atoms with Gasteiger partial charge < -0.3 is 4.74 Å². The summed E-state index contributed by atoms with van der Waals surface area (Å²) >= 11 is 5.82. The second-order valence-electron chi connectivity index (χ2n) is 4.25. The van der Waals surface area contributed by atoms with Gasteiger partial charge in [-0.3, -0.25) is 4.98 Å². The minimum absolute atomic E-state index is 0.108. The van der Waals surface area contributed by atoms with E-state index in [1.807, 2.05) is 26.8 Å². The molecule has 0 saturated carbocycles. The predicted molar refractivity (Wildman–Crippen MR) is 70.8 cm³/mol. The number of aromatic nitrogens is 3. The Morgan fingerprint density at radius 3 is 2.72 bits per heavy atom. The number of hydrogen-bond acceptors (Lipinski definition) is 4. The minimum Gasteiger partial charge on any atom is -0.489 e. The van der Waals surface area contributed by atoms with Crippen molar-refractivity contribution in [3.05, 3.63) is 35.5 Å². The molecule has 0 fully saturated rings. The molecule has 0 radical (unpaired) electrons. The summed E-state index contributed by atoms with van der Waals surface area (Å²) in [4.78, 5) is 12.3. The van der Waals surface area contributed by atoms with Crippen molar-refractivity contribution in [3.8, 4) is 17.0 Å². The second-order valence-corrected chi connectivity index (χ2v) is 4.58. The van der Waals surface area contributed by atoms with E-state index in [0.717, 1.165) is 22.6 Å². The fraction of sp³-hybridized carbons (Fsp3) is 0.308. The Bertz CT molecular complexity index is 558. The number of nitrogens with zero attached hydrogens (tertiary/aromatic N) is 3. The molecule has 0 aliphatic rings. The lowest BCUT2D eigenvalue weighted by Crippen LogP contribution is -2.05. The molecule has 0 aromatic carbocycles. The highest BCUT2D eigenvalue weighted by atomic mass is 35.5. The van der Waals surface area contributed by atoms with E-state index in [4.69, 9.17) is 16.3 Å². The summed E-state index contributed by atoms with van der Waals surface area (Å²) in [5.74, 6) is 0.719. The quantitative estimate of drug-likeness (QED) is 0.798. The van der Waals surface area contributed by atoms with Gasteiger partial charge >= 0.3 is 0 Å². The zero-order valence-corrected chi connectivity index (χ0v) is 11.3. The lowest BCUT2D eigenvalue weighted by molar-refractivity contribution is 0.241. The molecule has 0 aliphatic heterocycles. The van der Waals surface area contributed by atoms with E-state index in [9.17, 15) is 0 Å². The van der Waals surface area contributed by atoms with Crippen LogP contribution in [0, 0.1) is 6.92 Å². The lowest BCUT2D eigenvalue weighted by Gasteiger charge is -2.10. The van der Waals surface area contributed by atoms with Gasteiger partial charge in [-0.15, -0.1) is 0 Å². The molecule has 2 aromatic heterocycles. The summed E-state index contributed by atoms with van der Waals surface area (Å²) in [5.41, 5.74) is 2.59. The average Bonchev–Trinajstić information content (AvgIpc) is 2.32. The molecule has 0 saturated heterocycles. The first-order valence-electron chi connectivity index (χ1n) is 5.67. The summed E-state index contributed by atoms with van der Waals surface area (Å²) in [7, 11) is 0. The monoisotopic (exact) mass is 263 g/mol. The van der Waals surface area contributed by atoms with Crippen LogP contribution >= 0.6 is 11.6 Å². The zero-order chi connectivity index (χ0) is 13.1. The highest BCUT2D eigenvalue weighted by molar-refractivity contribution is 6.28. The van der Waals surface area contributed by atoms with Crippen LogP contribution in [-0.4, -0.2) is 21.1 Å². The molecule has 18 heavy (non-hydrogen) atoms. The third kappa shape index (κ3) is 2.96. The molecule has 2 rings (SSSR count).